The standard InChI is InChI=1S/C35H32BrFN2O7S/c1-19(2)46-34(42)31-20(3)38-35-39(32(31)22-12-10-21(11-13-22)14-30(40)44-5)33(41)29(47-35)16-24-15-27(43-4)28(17-25(24)36)45-18-23-8-6-7-9-26(23)37/h6-13,15-17,19,32H,14,18H2,1-5H3/b29-16+/t32-/m0/s1. The maximum absolute atomic E-state index is 14.1. The highest BCUT2D eigenvalue weighted by Crippen LogP contribution is 2.35. The molecule has 2 heterocycles. The summed E-state index contributed by atoms with van der Waals surface area (Å²) in [4.78, 5) is 44.4. The van der Waals surface area contributed by atoms with E-state index in [2.05, 4.69) is 20.9 Å². The maximum Gasteiger partial charge on any atom is 0.338 e. The Hall–Kier alpha value is -4.55. The number of esters is 2. The zero-order valence-corrected chi connectivity index (χ0v) is 28.7. The van der Waals surface area contributed by atoms with Gasteiger partial charge < -0.3 is 18.9 Å². The number of hydrogen-bond donors (Lipinski definition) is 0. The molecule has 1 atom stereocenters. The third-order valence-corrected chi connectivity index (χ3v) is 9.04. The van der Waals surface area contributed by atoms with Gasteiger partial charge in [0.15, 0.2) is 16.3 Å². The summed E-state index contributed by atoms with van der Waals surface area (Å²) in [5.41, 5.74) is 2.73. The number of nitrogens with zero attached hydrogens (tertiary/aromatic N) is 2. The predicted molar refractivity (Wildman–Crippen MR) is 179 cm³/mol. The van der Waals surface area contributed by atoms with Crippen LogP contribution in [0.1, 0.15) is 49.1 Å². The van der Waals surface area contributed by atoms with Crippen LogP contribution in [0, 0.1) is 5.82 Å². The number of ether oxygens (including phenoxy) is 4. The number of thiazole rings is 1. The van der Waals surface area contributed by atoms with Crippen molar-refractivity contribution in [3.8, 4) is 11.5 Å². The third-order valence-electron chi connectivity index (χ3n) is 7.37. The molecule has 0 aliphatic carbocycles. The smallest absolute Gasteiger partial charge is 0.338 e. The Bertz CT molecular complexity index is 2050. The van der Waals surface area contributed by atoms with Crippen molar-refractivity contribution in [3.63, 3.8) is 0 Å². The zero-order valence-electron chi connectivity index (χ0n) is 26.3. The van der Waals surface area contributed by atoms with Gasteiger partial charge in [0.2, 0.25) is 0 Å². The van der Waals surface area contributed by atoms with Crippen molar-refractivity contribution >= 4 is 45.3 Å². The monoisotopic (exact) mass is 722 g/mol. The highest BCUT2D eigenvalue weighted by molar-refractivity contribution is 9.10. The van der Waals surface area contributed by atoms with Crippen LogP contribution in [0.3, 0.4) is 0 Å². The van der Waals surface area contributed by atoms with Crippen molar-refractivity contribution in [2.75, 3.05) is 14.2 Å². The van der Waals surface area contributed by atoms with Crippen LogP contribution in [0.4, 0.5) is 4.39 Å². The van der Waals surface area contributed by atoms with Gasteiger partial charge in [-0.25, -0.2) is 14.2 Å². The summed E-state index contributed by atoms with van der Waals surface area (Å²) >= 11 is 4.76. The molecule has 0 amide bonds. The lowest BCUT2D eigenvalue weighted by molar-refractivity contribution is -0.143. The molecule has 0 spiro atoms. The summed E-state index contributed by atoms with van der Waals surface area (Å²) in [6, 6.07) is 16.0. The van der Waals surface area contributed by atoms with Crippen molar-refractivity contribution in [1.29, 1.82) is 0 Å². The molecule has 0 saturated heterocycles. The summed E-state index contributed by atoms with van der Waals surface area (Å²) in [6.07, 6.45) is 1.41. The highest BCUT2D eigenvalue weighted by atomic mass is 79.9. The fourth-order valence-corrected chi connectivity index (χ4v) is 6.55. The van der Waals surface area contributed by atoms with Gasteiger partial charge in [-0.15, -0.1) is 0 Å². The average molecular weight is 724 g/mol. The van der Waals surface area contributed by atoms with Gasteiger partial charge >= 0.3 is 11.9 Å². The Labute approximate surface area is 282 Å². The second kappa shape index (κ2) is 14.5. The van der Waals surface area contributed by atoms with Crippen LogP contribution < -0.4 is 24.4 Å². The Morgan fingerprint density at radius 3 is 2.47 bits per heavy atom. The first-order chi connectivity index (χ1) is 22.5. The number of rotatable bonds is 10. The van der Waals surface area contributed by atoms with E-state index in [0.29, 0.717) is 47.7 Å². The molecule has 4 aromatic rings. The number of fused-ring (bicyclic) bond motifs is 1. The normalized spacial score (nSPS) is 14.5. The fourth-order valence-electron chi connectivity index (χ4n) is 5.08. The predicted octanol–water partition coefficient (Wildman–Crippen LogP) is 5.39. The SMILES string of the molecule is COC(=O)Cc1ccc([C@H]2C(C(=O)OC(C)C)=C(C)N=c3s/c(=C/c4cc(OC)c(OCc5ccccc5F)cc4Br)c(=O)n32)cc1. The number of halogens is 2. The lowest BCUT2D eigenvalue weighted by Gasteiger charge is -2.25. The van der Waals surface area contributed by atoms with Crippen molar-refractivity contribution < 1.29 is 32.9 Å². The largest absolute Gasteiger partial charge is 0.493 e. The summed E-state index contributed by atoms with van der Waals surface area (Å²) in [5.74, 6) is -0.541. The molecule has 47 heavy (non-hydrogen) atoms. The topological polar surface area (TPSA) is 105 Å². The quantitative estimate of drug-likeness (QED) is 0.202. The van der Waals surface area contributed by atoms with Crippen LogP contribution in [-0.2, 0) is 32.1 Å². The molecule has 5 rings (SSSR count). The van der Waals surface area contributed by atoms with Crippen molar-refractivity contribution in [2.45, 2.75) is 45.9 Å². The molecule has 0 unspecified atom stereocenters. The fraction of sp³-hybridized carbons (Fsp3) is 0.257. The molecular formula is C35H32BrFN2O7S. The lowest BCUT2D eigenvalue weighted by atomic mass is 9.94. The van der Waals surface area contributed by atoms with Gasteiger partial charge in [0.1, 0.15) is 12.4 Å². The molecule has 1 aliphatic heterocycles. The Morgan fingerprint density at radius 2 is 1.81 bits per heavy atom. The van der Waals surface area contributed by atoms with Gasteiger partial charge in [-0.1, -0.05) is 69.7 Å². The van der Waals surface area contributed by atoms with Crippen molar-refractivity contribution in [1.82, 2.24) is 4.57 Å². The Balaban J connectivity index is 1.57. The Kier molecular flexibility index (Phi) is 10.4. The van der Waals surface area contributed by atoms with E-state index >= 15 is 0 Å². The molecule has 3 aromatic carbocycles. The van der Waals surface area contributed by atoms with Crippen LogP contribution >= 0.6 is 27.3 Å². The molecule has 9 nitrogen and oxygen atoms in total. The number of carbonyl (C=O) groups excluding carboxylic acids is 2. The van der Waals surface area contributed by atoms with E-state index in [9.17, 15) is 18.8 Å². The number of benzene rings is 3. The number of carbonyl (C=O) groups is 2. The zero-order chi connectivity index (χ0) is 33.8. The molecule has 0 N–H and O–H groups in total. The molecule has 0 saturated carbocycles. The molecule has 244 valence electrons. The lowest BCUT2D eigenvalue weighted by Crippen LogP contribution is -2.40. The minimum Gasteiger partial charge on any atom is -0.493 e. The van der Waals surface area contributed by atoms with E-state index in [1.54, 1.807) is 81.4 Å². The van der Waals surface area contributed by atoms with Crippen LogP contribution in [-0.4, -0.2) is 36.8 Å². The van der Waals surface area contributed by atoms with E-state index in [1.807, 2.05) is 0 Å². The second-order valence-corrected chi connectivity index (χ2v) is 12.8. The van der Waals surface area contributed by atoms with Gasteiger partial charge in [-0.2, -0.15) is 0 Å². The van der Waals surface area contributed by atoms with Crippen molar-refractivity contribution in [3.05, 3.63) is 124 Å². The molecule has 1 aromatic heterocycles. The number of allylic oxidation sites excluding steroid dienone is 1. The number of hydrogen-bond acceptors (Lipinski definition) is 9. The molecule has 0 fully saturated rings. The Morgan fingerprint density at radius 1 is 1.09 bits per heavy atom. The molecule has 0 radical (unpaired) electrons. The average Bonchev–Trinajstić information content (AvgIpc) is 3.34. The molecular weight excluding hydrogens is 691 g/mol. The summed E-state index contributed by atoms with van der Waals surface area (Å²) in [5, 5.41) is 0. The van der Waals surface area contributed by atoms with E-state index in [-0.39, 0.29) is 42.1 Å². The summed E-state index contributed by atoms with van der Waals surface area (Å²) in [7, 11) is 2.82. The van der Waals surface area contributed by atoms with E-state index < -0.39 is 12.0 Å². The van der Waals surface area contributed by atoms with Gasteiger partial charge in [0.25, 0.3) is 5.56 Å². The minimum atomic E-state index is -0.820. The van der Waals surface area contributed by atoms with Gasteiger partial charge in [-0.05, 0) is 61.7 Å². The van der Waals surface area contributed by atoms with Gasteiger partial charge in [0, 0.05) is 10.0 Å². The summed E-state index contributed by atoms with van der Waals surface area (Å²) in [6.45, 7) is 5.22. The maximum atomic E-state index is 14.1. The summed E-state index contributed by atoms with van der Waals surface area (Å²) < 4.78 is 38.4. The van der Waals surface area contributed by atoms with Crippen LogP contribution in [0.5, 0.6) is 11.5 Å². The first kappa shape index (κ1) is 33.8. The first-order valence-corrected chi connectivity index (χ1v) is 16.2. The van der Waals surface area contributed by atoms with E-state index in [0.717, 1.165) is 5.56 Å². The van der Waals surface area contributed by atoms with Crippen LogP contribution in [0.2, 0.25) is 0 Å². The number of methoxy groups -OCH3 is 2. The first-order valence-electron chi connectivity index (χ1n) is 14.6. The molecule has 1 aliphatic rings. The van der Waals surface area contributed by atoms with E-state index in [4.69, 9.17) is 18.9 Å². The number of aromatic nitrogens is 1. The van der Waals surface area contributed by atoms with Gasteiger partial charge in [-0.3, -0.25) is 14.2 Å². The van der Waals surface area contributed by atoms with Crippen molar-refractivity contribution in [2.24, 2.45) is 4.99 Å². The van der Waals surface area contributed by atoms with E-state index in [1.165, 1.54) is 36.2 Å². The van der Waals surface area contributed by atoms with Crippen LogP contribution in [0.15, 0.2) is 86.2 Å². The molecule has 0 bridgehead atoms. The second-order valence-electron chi connectivity index (χ2n) is 10.9. The minimum absolute atomic E-state index is 0.00197. The molecule has 12 heteroatoms. The van der Waals surface area contributed by atoms with Crippen LogP contribution in [0.25, 0.3) is 6.08 Å². The van der Waals surface area contributed by atoms with Gasteiger partial charge in [0.05, 0.1) is 48.6 Å². The highest BCUT2D eigenvalue weighted by Gasteiger charge is 2.34. The third kappa shape index (κ3) is 7.39.